The normalized spacial score (nSPS) is 11.9. The predicted octanol–water partition coefficient (Wildman–Crippen LogP) is 5.23. The first-order chi connectivity index (χ1) is 16.4. The number of benzene rings is 3. The van der Waals surface area contributed by atoms with Crippen molar-refractivity contribution in [2.45, 2.75) is 26.2 Å². The summed E-state index contributed by atoms with van der Waals surface area (Å²) in [6.07, 6.45) is -1.94. The molecule has 0 bridgehead atoms. The lowest BCUT2D eigenvalue weighted by Gasteiger charge is -2.19. The van der Waals surface area contributed by atoms with Gasteiger partial charge in [-0.1, -0.05) is 42.5 Å². The molecule has 1 unspecified atom stereocenters. The Morgan fingerprint density at radius 2 is 1.71 bits per heavy atom. The second-order valence-electron chi connectivity index (χ2n) is 7.95. The van der Waals surface area contributed by atoms with Crippen LogP contribution in [0.25, 0.3) is 21.8 Å². The third-order valence-electron chi connectivity index (χ3n) is 5.19. The zero-order valence-electron chi connectivity index (χ0n) is 19.0. The van der Waals surface area contributed by atoms with Gasteiger partial charge >= 0.3 is 12.1 Å². The first-order valence-electron chi connectivity index (χ1n) is 10.8. The maximum absolute atomic E-state index is 12.3. The standard InChI is InChI=1S/C26H25N3O5/c1-15(2)34-26(32)27-17-9-6-8-16(14-17)24(30)29-22-18-10-4-5-13-21(18)28-23-19(22)11-7-12-20(23)25(31)33-3/h4-15,24,30H,1-3H3,(H,27,32)(H,28,29). The summed E-state index contributed by atoms with van der Waals surface area (Å²) in [6.45, 7) is 3.53. The van der Waals surface area contributed by atoms with Gasteiger partial charge < -0.3 is 19.9 Å². The van der Waals surface area contributed by atoms with Crippen LogP contribution in [0.2, 0.25) is 0 Å². The summed E-state index contributed by atoms with van der Waals surface area (Å²) in [7, 11) is 1.32. The number of para-hydroxylation sites is 2. The number of anilines is 2. The van der Waals surface area contributed by atoms with Gasteiger partial charge in [0.05, 0.1) is 35.5 Å². The third kappa shape index (κ3) is 4.77. The predicted molar refractivity (Wildman–Crippen MR) is 131 cm³/mol. The van der Waals surface area contributed by atoms with Gasteiger partial charge in [0.15, 0.2) is 6.23 Å². The number of aliphatic hydroxyl groups is 1. The SMILES string of the molecule is COC(=O)c1cccc2c(NC(O)c3cccc(NC(=O)OC(C)C)c3)c3ccccc3nc12. The number of nitrogens with zero attached hydrogens (tertiary/aromatic N) is 1. The highest BCUT2D eigenvalue weighted by molar-refractivity contribution is 6.13. The largest absolute Gasteiger partial charge is 0.465 e. The number of aliphatic hydroxyl groups excluding tert-OH is 1. The van der Waals surface area contributed by atoms with Gasteiger partial charge in [0.1, 0.15) is 0 Å². The number of esters is 1. The van der Waals surface area contributed by atoms with Crippen LogP contribution in [0.5, 0.6) is 0 Å². The number of nitrogens with one attached hydrogen (secondary N) is 2. The Kier molecular flexibility index (Phi) is 6.60. The van der Waals surface area contributed by atoms with Gasteiger partial charge in [-0.05, 0) is 38.1 Å². The second kappa shape index (κ2) is 9.76. The lowest BCUT2D eigenvalue weighted by atomic mass is 10.0. The molecule has 3 N–H and O–H groups in total. The molecule has 34 heavy (non-hydrogen) atoms. The number of carbonyl (C=O) groups is 2. The number of ether oxygens (including phenoxy) is 2. The minimum absolute atomic E-state index is 0.251. The topological polar surface area (TPSA) is 110 Å². The Bertz CT molecular complexity index is 1370. The zero-order chi connectivity index (χ0) is 24.2. The highest BCUT2D eigenvalue weighted by Gasteiger charge is 2.18. The van der Waals surface area contributed by atoms with Crippen molar-refractivity contribution in [3.63, 3.8) is 0 Å². The quantitative estimate of drug-likeness (QED) is 0.206. The van der Waals surface area contributed by atoms with Crippen LogP contribution in [0.3, 0.4) is 0 Å². The van der Waals surface area contributed by atoms with Crippen LogP contribution < -0.4 is 10.6 Å². The fourth-order valence-electron chi connectivity index (χ4n) is 3.71. The Labute approximate surface area is 196 Å². The van der Waals surface area contributed by atoms with Crippen molar-refractivity contribution in [1.82, 2.24) is 4.98 Å². The van der Waals surface area contributed by atoms with Gasteiger partial charge in [-0.2, -0.15) is 0 Å². The molecule has 0 fully saturated rings. The monoisotopic (exact) mass is 459 g/mol. The Hall–Kier alpha value is -4.17. The van der Waals surface area contributed by atoms with E-state index in [2.05, 4.69) is 15.6 Å². The molecule has 8 nitrogen and oxygen atoms in total. The van der Waals surface area contributed by atoms with Crippen molar-refractivity contribution in [2.24, 2.45) is 0 Å². The van der Waals surface area contributed by atoms with E-state index in [4.69, 9.17) is 9.47 Å². The third-order valence-corrected chi connectivity index (χ3v) is 5.19. The van der Waals surface area contributed by atoms with Crippen molar-refractivity contribution >= 4 is 45.2 Å². The van der Waals surface area contributed by atoms with E-state index in [1.54, 1.807) is 50.2 Å². The zero-order valence-corrected chi connectivity index (χ0v) is 19.0. The van der Waals surface area contributed by atoms with Gasteiger partial charge in [-0.3, -0.25) is 5.32 Å². The summed E-state index contributed by atoms with van der Waals surface area (Å²) in [6, 6.07) is 19.5. The molecule has 1 atom stereocenters. The maximum Gasteiger partial charge on any atom is 0.411 e. The van der Waals surface area contributed by atoms with Crippen LogP contribution in [0.15, 0.2) is 66.7 Å². The van der Waals surface area contributed by atoms with E-state index in [-0.39, 0.29) is 6.10 Å². The molecule has 0 saturated heterocycles. The molecule has 174 valence electrons. The highest BCUT2D eigenvalue weighted by Crippen LogP contribution is 2.34. The van der Waals surface area contributed by atoms with Crippen LogP contribution >= 0.6 is 0 Å². The molecule has 0 radical (unpaired) electrons. The van der Waals surface area contributed by atoms with Crippen LogP contribution in [0.4, 0.5) is 16.2 Å². The molecule has 0 spiro atoms. The Balaban J connectivity index is 1.73. The molecule has 4 rings (SSSR count). The summed E-state index contributed by atoms with van der Waals surface area (Å²) in [4.78, 5) is 29.0. The second-order valence-corrected chi connectivity index (χ2v) is 7.95. The smallest absolute Gasteiger partial charge is 0.411 e. The van der Waals surface area contributed by atoms with Crippen molar-refractivity contribution in [1.29, 1.82) is 0 Å². The number of carbonyl (C=O) groups excluding carboxylic acids is 2. The van der Waals surface area contributed by atoms with Gasteiger partial charge in [0.2, 0.25) is 0 Å². The average molecular weight is 460 g/mol. The van der Waals surface area contributed by atoms with E-state index in [1.165, 1.54) is 7.11 Å². The van der Waals surface area contributed by atoms with Gasteiger partial charge in [-0.25, -0.2) is 14.6 Å². The minimum atomic E-state index is -1.11. The number of methoxy groups -OCH3 is 1. The van der Waals surface area contributed by atoms with Gasteiger partial charge in [0.25, 0.3) is 0 Å². The van der Waals surface area contributed by atoms with E-state index in [0.29, 0.717) is 38.9 Å². The van der Waals surface area contributed by atoms with E-state index >= 15 is 0 Å². The molecular formula is C26H25N3O5. The van der Waals surface area contributed by atoms with Crippen LogP contribution in [0, 0.1) is 0 Å². The summed E-state index contributed by atoms with van der Waals surface area (Å²) >= 11 is 0. The van der Waals surface area contributed by atoms with E-state index < -0.39 is 18.3 Å². The van der Waals surface area contributed by atoms with E-state index in [1.807, 2.05) is 30.3 Å². The van der Waals surface area contributed by atoms with E-state index in [0.717, 1.165) is 5.39 Å². The Morgan fingerprint density at radius 3 is 2.47 bits per heavy atom. The molecule has 8 heteroatoms. The van der Waals surface area contributed by atoms with Crippen molar-refractivity contribution < 1.29 is 24.2 Å². The molecule has 0 aliphatic heterocycles. The number of pyridine rings is 1. The van der Waals surface area contributed by atoms with E-state index in [9.17, 15) is 14.7 Å². The lowest BCUT2D eigenvalue weighted by Crippen LogP contribution is -2.18. The number of aromatic nitrogens is 1. The Morgan fingerprint density at radius 1 is 0.971 bits per heavy atom. The molecule has 1 heterocycles. The fraction of sp³-hybridized carbons (Fsp3) is 0.192. The summed E-state index contributed by atoms with van der Waals surface area (Å²) < 4.78 is 10.0. The fourth-order valence-corrected chi connectivity index (χ4v) is 3.71. The van der Waals surface area contributed by atoms with Crippen LogP contribution in [0.1, 0.15) is 36.0 Å². The van der Waals surface area contributed by atoms with Crippen molar-refractivity contribution in [2.75, 3.05) is 17.7 Å². The molecule has 1 amide bonds. The number of fused-ring (bicyclic) bond motifs is 2. The highest BCUT2D eigenvalue weighted by atomic mass is 16.6. The number of rotatable bonds is 6. The molecular weight excluding hydrogens is 434 g/mol. The van der Waals surface area contributed by atoms with Crippen molar-refractivity contribution in [3.05, 3.63) is 77.9 Å². The lowest BCUT2D eigenvalue weighted by molar-refractivity contribution is 0.0602. The summed E-state index contributed by atoms with van der Waals surface area (Å²) in [5, 5.41) is 18.3. The first-order valence-corrected chi connectivity index (χ1v) is 10.8. The van der Waals surface area contributed by atoms with Gasteiger partial charge in [0, 0.05) is 22.0 Å². The molecule has 0 aliphatic rings. The molecule has 3 aromatic carbocycles. The number of hydrogen-bond acceptors (Lipinski definition) is 7. The molecule has 4 aromatic rings. The van der Waals surface area contributed by atoms with Crippen LogP contribution in [-0.4, -0.2) is 35.4 Å². The minimum Gasteiger partial charge on any atom is -0.465 e. The first kappa shape index (κ1) is 23.0. The van der Waals surface area contributed by atoms with Gasteiger partial charge in [-0.15, -0.1) is 0 Å². The molecule has 0 aliphatic carbocycles. The van der Waals surface area contributed by atoms with Crippen LogP contribution in [-0.2, 0) is 9.47 Å². The number of amides is 1. The molecule has 1 aromatic heterocycles. The molecule has 0 saturated carbocycles. The number of hydrogen-bond donors (Lipinski definition) is 3. The summed E-state index contributed by atoms with van der Waals surface area (Å²) in [5.41, 5.74) is 3.10. The average Bonchev–Trinajstić information content (AvgIpc) is 2.82. The summed E-state index contributed by atoms with van der Waals surface area (Å²) in [5.74, 6) is -0.494. The maximum atomic E-state index is 12.3. The van der Waals surface area contributed by atoms with Crippen molar-refractivity contribution in [3.8, 4) is 0 Å².